The monoisotopic (exact) mass is 343 g/mol. The zero-order valence-corrected chi connectivity index (χ0v) is 14.3. The van der Waals surface area contributed by atoms with Crippen molar-refractivity contribution in [1.82, 2.24) is 4.72 Å². The standard InChI is InChI=1S/C18H17NO2S2/c1-22-16-11-9-14(10-12-16)13-19-23(20,21)18-8-4-6-15-5-2-3-7-17(15)18/h2-12,19H,13H2,1H3. The first kappa shape index (κ1) is 16.1. The molecule has 0 radical (unpaired) electrons. The molecular weight excluding hydrogens is 326 g/mol. The Morgan fingerprint density at radius 2 is 1.61 bits per heavy atom. The lowest BCUT2D eigenvalue weighted by Gasteiger charge is -2.10. The van der Waals surface area contributed by atoms with Crippen LogP contribution in [0.1, 0.15) is 5.56 Å². The van der Waals surface area contributed by atoms with Gasteiger partial charge in [0.05, 0.1) is 4.90 Å². The van der Waals surface area contributed by atoms with E-state index in [1.807, 2.05) is 60.9 Å². The van der Waals surface area contributed by atoms with E-state index in [9.17, 15) is 8.42 Å². The summed E-state index contributed by atoms with van der Waals surface area (Å²) in [5.41, 5.74) is 0.937. The van der Waals surface area contributed by atoms with Crippen LogP contribution in [0.15, 0.2) is 76.5 Å². The van der Waals surface area contributed by atoms with Crippen LogP contribution < -0.4 is 4.72 Å². The van der Waals surface area contributed by atoms with Gasteiger partial charge in [0.15, 0.2) is 0 Å². The van der Waals surface area contributed by atoms with Gasteiger partial charge in [-0.25, -0.2) is 13.1 Å². The molecule has 0 saturated heterocycles. The van der Waals surface area contributed by atoms with Crippen molar-refractivity contribution in [1.29, 1.82) is 0 Å². The van der Waals surface area contributed by atoms with Crippen LogP contribution in [0.3, 0.4) is 0 Å². The Hall–Kier alpha value is -1.82. The van der Waals surface area contributed by atoms with E-state index in [0.29, 0.717) is 4.90 Å². The Kier molecular flexibility index (Phi) is 4.71. The second-order valence-electron chi connectivity index (χ2n) is 5.15. The molecule has 0 amide bonds. The van der Waals surface area contributed by atoms with E-state index in [4.69, 9.17) is 0 Å². The number of rotatable bonds is 5. The van der Waals surface area contributed by atoms with Gasteiger partial charge < -0.3 is 0 Å². The summed E-state index contributed by atoms with van der Waals surface area (Å²) in [6.45, 7) is 0.278. The largest absolute Gasteiger partial charge is 0.241 e. The summed E-state index contributed by atoms with van der Waals surface area (Å²) in [5, 5.41) is 1.65. The molecule has 0 aliphatic rings. The Bertz CT molecular complexity index is 914. The van der Waals surface area contributed by atoms with Crippen LogP contribution in [0.25, 0.3) is 10.8 Å². The minimum Gasteiger partial charge on any atom is -0.207 e. The van der Waals surface area contributed by atoms with E-state index in [0.717, 1.165) is 21.2 Å². The first-order chi connectivity index (χ1) is 11.1. The lowest BCUT2D eigenvalue weighted by molar-refractivity contribution is 0.582. The van der Waals surface area contributed by atoms with E-state index in [1.165, 1.54) is 0 Å². The summed E-state index contributed by atoms with van der Waals surface area (Å²) in [6.07, 6.45) is 2.01. The van der Waals surface area contributed by atoms with E-state index in [2.05, 4.69) is 4.72 Å². The van der Waals surface area contributed by atoms with Crippen LogP contribution in [0.5, 0.6) is 0 Å². The van der Waals surface area contributed by atoms with Crippen LogP contribution in [-0.2, 0) is 16.6 Å². The summed E-state index contributed by atoms with van der Waals surface area (Å²) < 4.78 is 27.9. The third-order valence-corrected chi connectivity index (χ3v) is 5.87. The van der Waals surface area contributed by atoms with Crippen LogP contribution in [0.2, 0.25) is 0 Å². The molecule has 5 heteroatoms. The quantitative estimate of drug-likeness (QED) is 0.711. The second-order valence-corrected chi connectivity index (χ2v) is 7.76. The van der Waals surface area contributed by atoms with Crippen LogP contribution >= 0.6 is 11.8 Å². The Morgan fingerprint density at radius 1 is 0.913 bits per heavy atom. The van der Waals surface area contributed by atoms with Crippen molar-refractivity contribution in [2.45, 2.75) is 16.3 Å². The molecule has 0 fully saturated rings. The average Bonchev–Trinajstić information content (AvgIpc) is 2.60. The number of hydrogen-bond acceptors (Lipinski definition) is 3. The van der Waals surface area contributed by atoms with Crippen molar-refractivity contribution in [3.8, 4) is 0 Å². The molecule has 0 bridgehead atoms. The van der Waals surface area contributed by atoms with Gasteiger partial charge in [-0.2, -0.15) is 0 Å². The lowest BCUT2D eigenvalue weighted by Crippen LogP contribution is -2.23. The maximum atomic E-state index is 12.6. The maximum absolute atomic E-state index is 12.6. The predicted octanol–water partition coefficient (Wildman–Crippen LogP) is 4.04. The number of thioether (sulfide) groups is 1. The number of sulfonamides is 1. The normalized spacial score (nSPS) is 11.7. The van der Waals surface area contributed by atoms with Gasteiger partial charge in [0.25, 0.3) is 0 Å². The molecule has 0 saturated carbocycles. The summed E-state index contributed by atoms with van der Waals surface area (Å²) in [4.78, 5) is 1.47. The summed E-state index contributed by atoms with van der Waals surface area (Å²) in [5.74, 6) is 0. The van der Waals surface area contributed by atoms with Crippen LogP contribution in [0.4, 0.5) is 0 Å². The third-order valence-electron chi connectivity index (χ3n) is 3.66. The second kappa shape index (κ2) is 6.74. The van der Waals surface area contributed by atoms with Crippen LogP contribution in [0, 0.1) is 0 Å². The molecule has 0 aliphatic heterocycles. The molecule has 0 atom stereocenters. The SMILES string of the molecule is CSc1ccc(CNS(=O)(=O)c2cccc3ccccc23)cc1. The van der Waals surface area contributed by atoms with Crippen molar-refractivity contribution in [3.63, 3.8) is 0 Å². The van der Waals surface area contributed by atoms with Gasteiger partial charge in [-0.15, -0.1) is 11.8 Å². The fraction of sp³-hybridized carbons (Fsp3) is 0.111. The molecule has 3 nitrogen and oxygen atoms in total. The maximum Gasteiger partial charge on any atom is 0.241 e. The van der Waals surface area contributed by atoms with E-state index >= 15 is 0 Å². The molecule has 0 aliphatic carbocycles. The Morgan fingerprint density at radius 3 is 2.35 bits per heavy atom. The van der Waals surface area contributed by atoms with Crippen molar-refractivity contribution < 1.29 is 8.42 Å². The fourth-order valence-corrected chi connectivity index (χ4v) is 4.08. The first-order valence-electron chi connectivity index (χ1n) is 7.20. The van der Waals surface area contributed by atoms with Crippen molar-refractivity contribution in [3.05, 3.63) is 72.3 Å². The molecular formula is C18H17NO2S2. The predicted molar refractivity (Wildman–Crippen MR) is 96.2 cm³/mol. The number of benzene rings is 3. The molecule has 0 spiro atoms. The number of nitrogens with one attached hydrogen (secondary N) is 1. The van der Waals surface area contributed by atoms with Gasteiger partial charge in [0.1, 0.15) is 0 Å². The highest BCUT2D eigenvalue weighted by atomic mass is 32.2. The van der Waals surface area contributed by atoms with Crippen molar-refractivity contribution in [2.75, 3.05) is 6.26 Å². The minimum absolute atomic E-state index is 0.278. The third kappa shape index (κ3) is 3.58. The summed E-state index contributed by atoms with van der Waals surface area (Å²) in [7, 11) is -3.56. The van der Waals surface area contributed by atoms with Gasteiger partial charge in [-0.05, 0) is 35.4 Å². The van der Waals surface area contributed by atoms with Gasteiger partial charge in [0, 0.05) is 16.8 Å². The van der Waals surface area contributed by atoms with Crippen molar-refractivity contribution in [2.24, 2.45) is 0 Å². The van der Waals surface area contributed by atoms with Gasteiger partial charge in [-0.3, -0.25) is 0 Å². The molecule has 3 aromatic rings. The number of hydrogen-bond donors (Lipinski definition) is 1. The lowest BCUT2D eigenvalue weighted by atomic mass is 10.1. The smallest absolute Gasteiger partial charge is 0.207 e. The van der Waals surface area contributed by atoms with Crippen molar-refractivity contribution >= 4 is 32.6 Å². The molecule has 3 aromatic carbocycles. The highest BCUT2D eigenvalue weighted by Gasteiger charge is 2.16. The van der Waals surface area contributed by atoms with Gasteiger partial charge in [0.2, 0.25) is 10.0 Å². The van der Waals surface area contributed by atoms with Gasteiger partial charge >= 0.3 is 0 Å². The van der Waals surface area contributed by atoms with E-state index < -0.39 is 10.0 Å². The highest BCUT2D eigenvalue weighted by Crippen LogP contribution is 2.23. The average molecular weight is 343 g/mol. The molecule has 0 unspecified atom stereocenters. The molecule has 118 valence electrons. The minimum atomic E-state index is -3.56. The molecule has 23 heavy (non-hydrogen) atoms. The zero-order chi connectivity index (χ0) is 16.3. The van der Waals surface area contributed by atoms with E-state index in [1.54, 1.807) is 23.9 Å². The summed E-state index contributed by atoms with van der Waals surface area (Å²) in [6, 6.07) is 20.7. The van der Waals surface area contributed by atoms with E-state index in [-0.39, 0.29) is 6.54 Å². The topological polar surface area (TPSA) is 46.2 Å². The molecule has 3 rings (SSSR count). The molecule has 0 heterocycles. The van der Waals surface area contributed by atoms with Gasteiger partial charge in [-0.1, -0.05) is 48.5 Å². The fourth-order valence-electron chi connectivity index (χ4n) is 2.43. The molecule has 1 N–H and O–H groups in total. The highest BCUT2D eigenvalue weighted by molar-refractivity contribution is 7.98. The Labute approximate surface area is 140 Å². The van der Waals surface area contributed by atoms with Crippen LogP contribution in [-0.4, -0.2) is 14.7 Å². The summed E-state index contributed by atoms with van der Waals surface area (Å²) >= 11 is 1.66. The number of fused-ring (bicyclic) bond motifs is 1. The molecule has 0 aromatic heterocycles. The Balaban J connectivity index is 1.85. The first-order valence-corrected chi connectivity index (χ1v) is 9.91. The zero-order valence-electron chi connectivity index (χ0n) is 12.7.